The Morgan fingerprint density at radius 1 is 0.808 bits per heavy atom. The largest absolute Gasteiger partial charge is 0.497 e. The maximum atomic E-state index is 5.21. The topological polar surface area (TPSA) is 47.0 Å². The molecule has 0 saturated heterocycles. The maximum Gasteiger partial charge on any atom is 0.162 e. The monoisotopic (exact) mass is 341 g/mol. The van der Waals surface area contributed by atoms with Gasteiger partial charge in [-0.1, -0.05) is 54.6 Å². The third-order valence-electron chi connectivity index (χ3n) is 4.25. The van der Waals surface area contributed by atoms with Gasteiger partial charge in [0.05, 0.1) is 12.6 Å². The number of nitrogens with zero attached hydrogens (tertiary/aromatic N) is 2. The van der Waals surface area contributed by atoms with Crippen LogP contribution in [-0.2, 0) is 6.54 Å². The number of para-hydroxylation sites is 1. The molecule has 0 spiro atoms. The van der Waals surface area contributed by atoms with E-state index in [4.69, 9.17) is 14.7 Å². The summed E-state index contributed by atoms with van der Waals surface area (Å²) in [6.45, 7) is 0.680. The normalized spacial score (nSPS) is 10.7. The van der Waals surface area contributed by atoms with E-state index >= 15 is 0 Å². The molecular weight excluding hydrogens is 322 g/mol. The molecule has 0 bridgehead atoms. The lowest BCUT2D eigenvalue weighted by Gasteiger charge is -2.11. The molecule has 0 aliphatic carbocycles. The number of hydrogen-bond acceptors (Lipinski definition) is 4. The van der Waals surface area contributed by atoms with Gasteiger partial charge in [-0.25, -0.2) is 9.97 Å². The van der Waals surface area contributed by atoms with E-state index in [1.165, 1.54) is 0 Å². The molecule has 26 heavy (non-hydrogen) atoms. The van der Waals surface area contributed by atoms with E-state index in [2.05, 4.69) is 5.32 Å². The van der Waals surface area contributed by atoms with Crippen molar-refractivity contribution in [1.82, 2.24) is 9.97 Å². The van der Waals surface area contributed by atoms with E-state index in [1.807, 2.05) is 78.9 Å². The molecule has 1 heterocycles. The minimum absolute atomic E-state index is 0.680. The van der Waals surface area contributed by atoms with Crippen LogP contribution >= 0.6 is 0 Å². The number of anilines is 1. The lowest BCUT2D eigenvalue weighted by atomic mass is 10.1. The average Bonchev–Trinajstić information content (AvgIpc) is 2.73. The number of ether oxygens (including phenoxy) is 1. The van der Waals surface area contributed by atoms with Crippen LogP contribution in [0.2, 0.25) is 0 Å². The minimum Gasteiger partial charge on any atom is -0.497 e. The number of aromatic nitrogens is 2. The highest BCUT2D eigenvalue weighted by Crippen LogP contribution is 2.25. The van der Waals surface area contributed by atoms with Crippen molar-refractivity contribution in [2.24, 2.45) is 0 Å². The van der Waals surface area contributed by atoms with Gasteiger partial charge in [0.2, 0.25) is 0 Å². The molecule has 4 rings (SSSR count). The number of methoxy groups -OCH3 is 1. The van der Waals surface area contributed by atoms with Gasteiger partial charge < -0.3 is 10.1 Å². The van der Waals surface area contributed by atoms with Crippen LogP contribution in [0.15, 0.2) is 78.9 Å². The Kier molecular flexibility index (Phi) is 4.48. The molecule has 128 valence electrons. The van der Waals surface area contributed by atoms with E-state index in [1.54, 1.807) is 7.11 Å². The summed E-state index contributed by atoms with van der Waals surface area (Å²) >= 11 is 0. The predicted octanol–water partition coefficient (Wildman–Crippen LogP) is 4.92. The molecule has 4 nitrogen and oxygen atoms in total. The Bertz CT molecular complexity index is 1010. The van der Waals surface area contributed by atoms with Gasteiger partial charge >= 0.3 is 0 Å². The summed E-state index contributed by atoms with van der Waals surface area (Å²) in [5.41, 5.74) is 3.10. The van der Waals surface area contributed by atoms with Crippen LogP contribution in [0, 0.1) is 0 Å². The van der Waals surface area contributed by atoms with Gasteiger partial charge in [0, 0.05) is 17.5 Å². The Morgan fingerprint density at radius 3 is 2.31 bits per heavy atom. The second-order valence-electron chi connectivity index (χ2n) is 5.98. The first-order chi connectivity index (χ1) is 12.8. The second-order valence-corrected chi connectivity index (χ2v) is 5.98. The zero-order valence-corrected chi connectivity index (χ0v) is 14.5. The molecule has 1 N–H and O–H groups in total. The molecule has 0 atom stereocenters. The lowest BCUT2D eigenvalue weighted by molar-refractivity contribution is 0.414. The van der Waals surface area contributed by atoms with Crippen molar-refractivity contribution in [3.63, 3.8) is 0 Å². The first-order valence-electron chi connectivity index (χ1n) is 8.52. The second kappa shape index (κ2) is 7.23. The standard InChI is InChI=1S/C22H19N3O/c1-26-18-13-11-16(12-14-18)15-23-22-19-9-5-6-10-20(19)24-21(25-22)17-7-3-2-4-8-17/h2-14H,15H2,1H3,(H,23,24,25). The highest BCUT2D eigenvalue weighted by molar-refractivity contribution is 5.90. The molecule has 0 fully saturated rings. The fraction of sp³-hybridized carbons (Fsp3) is 0.0909. The summed E-state index contributed by atoms with van der Waals surface area (Å²) in [6, 6.07) is 26.1. The summed E-state index contributed by atoms with van der Waals surface area (Å²) in [4.78, 5) is 9.49. The Labute approximate surface area is 152 Å². The molecule has 4 aromatic rings. The fourth-order valence-corrected chi connectivity index (χ4v) is 2.86. The molecule has 4 heteroatoms. The third kappa shape index (κ3) is 3.35. The molecular formula is C22H19N3O. The first-order valence-corrected chi connectivity index (χ1v) is 8.52. The van der Waals surface area contributed by atoms with Gasteiger partial charge in [0.15, 0.2) is 5.82 Å². The molecule has 0 saturated carbocycles. The van der Waals surface area contributed by atoms with Crippen LogP contribution in [0.5, 0.6) is 5.75 Å². The number of hydrogen-bond donors (Lipinski definition) is 1. The number of benzene rings is 3. The maximum absolute atomic E-state index is 5.21. The van der Waals surface area contributed by atoms with Gasteiger partial charge in [0.25, 0.3) is 0 Å². The Balaban J connectivity index is 1.68. The summed E-state index contributed by atoms with van der Waals surface area (Å²) in [7, 11) is 1.67. The van der Waals surface area contributed by atoms with E-state index < -0.39 is 0 Å². The van der Waals surface area contributed by atoms with Crippen molar-refractivity contribution in [2.45, 2.75) is 6.54 Å². The summed E-state index contributed by atoms with van der Waals surface area (Å²) in [5, 5.41) is 4.47. The van der Waals surface area contributed by atoms with Gasteiger partial charge in [0.1, 0.15) is 11.6 Å². The lowest BCUT2D eigenvalue weighted by Crippen LogP contribution is -2.04. The third-order valence-corrected chi connectivity index (χ3v) is 4.25. The highest BCUT2D eigenvalue weighted by atomic mass is 16.5. The quantitative estimate of drug-likeness (QED) is 0.560. The van der Waals surface area contributed by atoms with Gasteiger partial charge in [-0.3, -0.25) is 0 Å². The van der Waals surface area contributed by atoms with Crippen molar-refractivity contribution in [3.8, 4) is 17.1 Å². The van der Waals surface area contributed by atoms with Crippen LogP contribution in [0.3, 0.4) is 0 Å². The first kappa shape index (κ1) is 16.1. The summed E-state index contributed by atoms with van der Waals surface area (Å²) in [6.07, 6.45) is 0. The number of rotatable bonds is 5. The van der Waals surface area contributed by atoms with Crippen LogP contribution in [0.4, 0.5) is 5.82 Å². The van der Waals surface area contributed by atoms with Crippen LogP contribution in [-0.4, -0.2) is 17.1 Å². The predicted molar refractivity (Wildman–Crippen MR) is 105 cm³/mol. The van der Waals surface area contributed by atoms with E-state index in [9.17, 15) is 0 Å². The fourth-order valence-electron chi connectivity index (χ4n) is 2.86. The van der Waals surface area contributed by atoms with E-state index in [0.717, 1.165) is 39.4 Å². The molecule has 0 unspecified atom stereocenters. The van der Waals surface area contributed by atoms with Gasteiger partial charge in [-0.2, -0.15) is 0 Å². The van der Waals surface area contributed by atoms with Crippen LogP contribution in [0.1, 0.15) is 5.56 Å². The number of fused-ring (bicyclic) bond motifs is 1. The molecule has 3 aromatic carbocycles. The Morgan fingerprint density at radius 2 is 1.54 bits per heavy atom. The molecule has 0 radical (unpaired) electrons. The van der Waals surface area contributed by atoms with Crippen molar-refractivity contribution >= 4 is 16.7 Å². The highest BCUT2D eigenvalue weighted by Gasteiger charge is 2.09. The Hall–Kier alpha value is -3.40. The van der Waals surface area contributed by atoms with Crippen LogP contribution < -0.4 is 10.1 Å². The van der Waals surface area contributed by atoms with Crippen LogP contribution in [0.25, 0.3) is 22.3 Å². The number of nitrogens with one attached hydrogen (secondary N) is 1. The SMILES string of the molecule is COc1ccc(CNc2nc(-c3ccccc3)nc3ccccc23)cc1. The van der Waals surface area contributed by atoms with Crippen molar-refractivity contribution in [2.75, 3.05) is 12.4 Å². The minimum atomic E-state index is 0.680. The van der Waals surface area contributed by atoms with Gasteiger partial charge in [-0.15, -0.1) is 0 Å². The van der Waals surface area contributed by atoms with Crippen molar-refractivity contribution in [3.05, 3.63) is 84.4 Å². The molecule has 0 aliphatic rings. The molecule has 1 aromatic heterocycles. The van der Waals surface area contributed by atoms with Crippen molar-refractivity contribution in [1.29, 1.82) is 0 Å². The van der Waals surface area contributed by atoms with Gasteiger partial charge in [-0.05, 0) is 29.8 Å². The summed E-state index contributed by atoms with van der Waals surface area (Å²) in [5.74, 6) is 2.42. The molecule has 0 aliphatic heterocycles. The zero-order valence-electron chi connectivity index (χ0n) is 14.5. The zero-order chi connectivity index (χ0) is 17.8. The summed E-state index contributed by atoms with van der Waals surface area (Å²) < 4.78 is 5.21. The molecule has 0 amide bonds. The van der Waals surface area contributed by atoms with Crippen molar-refractivity contribution < 1.29 is 4.74 Å². The average molecular weight is 341 g/mol. The van der Waals surface area contributed by atoms with E-state index in [0.29, 0.717) is 6.54 Å². The van der Waals surface area contributed by atoms with E-state index in [-0.39, 0.29) is 0 Å². The smallest absolute Gasteiger partial charge is 0.162 e.